The maximum Gasteiger partial charge on any atom is 0.232 e. The van der Waals surface area contributed by atoms with E-state index in [0.29, 0.717) is 6.42 Å². The Morgan fingerprint density at radius 2 is 1.94 bits per heavy atom. The molecule has 2 aliphatic rings. The van der Waals surface area contributed by atoms with Crippen LogP contribution in [0, 0.1) is 12.7 Å². The summed E-state index contributed by atoms with van der Waals surface area (Å²) in [5.74, 6) is 0.0117. The van der Waals surface area contributed by atoms with Crippen LogP contribution in [-0.2, 0) is 23.2 Å². The van der Waals surface area contributed by atoms with Crippen LogP contribution in [0.1, 0.15) is 34.4 Å². The standard InChI is InChI=1S/C26H27FN2OS/c1-19-7-8-24-23(14-19)26(18-29(24)25(30)16-22-6-3-13-31-22)9-11-28(12-10-26)17-20-4-2-5-21(27)15-20/h2-8,13-15H,9-12,16-18H2,1H3. The van der Waals surface area contributed by atoms with Crippen LogP contribution in [0.15, 0.2) is 60.0 Å². The minimum Gasteiger partial charge on any atom is -0.311 e. The lowest BCUT2D eigenvalue weighted by atomic mass is 9.74. The van der Waals surface area contributed by atoms with Crippen LogP contribution < -0.4 is 4.90 Å². The van der Waals surface area contributed by atoms with E-state index in [1.54, 1.807) is 23.5 Å². The number of benzene rings is 2. The van der Waals surface area contributed by atoms with E-state index in [9.17, 15) is 9.18 Å². The smallest absolute Gasteiger partial charge is 0.232 e. The van der Waals surface area contributed by atoms with Crippen LogP contribution in [0.2, 0.25) is 0 Å². The summed E-state index contributed by atoms with van der Waals surface area (Å²) in [4.78, 5) is 18.8. The molecular formula is C26H27FN2OS. The number of fused-ring (bicyclic) bond motifs is 2. The average molecular weight is 435 g/mol. The van der Waals surface area contributed by atoms with Crippen molar-refractivity contribution in [3.63, 3.8) is 0 Å². The maximum absolute atomic E-state index is 13.6. The van der Waals surface area contributed by atoms with Gasteiger partial charge in [-0.1, -0.05) is 35.9 Å². The van der Waals surface area contributed by atoms with Gasteiger partial charge in [0.1, 0.15) is 5.82 Å². The third kappa shape index (κ3) is 4.04. The van der Waals surface area contributed by atoms with Crippen molar-refractivity contribution in [2.24, 2.45) is 0 Å². The van der Waals surface area contributed by atoms with Gasteiger partial charge in [0.2, 0.25) is 5.91 Å². The number of piperidine rings is 1. The van der Waals surface area contributed by atoms with Gasteiger partial charge in [-0.05, 0) is 73.6 Å². The van der Waals surface area contributed by atoms with E-state index in [2.05, 4.69) is 30.0 Å². The molecule has 2 aliphatic heterocycles. The molecule has 3 aromatic rings. The molecule has 0 N–H and O–H groups in total. The number of aryl methyl sites for hydroxylation is 1. The molecule has 2 aromatic carbocycles. The van der Waals surface area contributed by atoms with Crippen LogP contribution in [0.25, 0.3) is 0 Å². The predicted molar refractivity (Wildman–Crippen MR) is 124 cm³/mol. The van der Waals surface area contributed by atoms with E-state index in [1.807, 2.05) is 28.5 Å². The number of hydrogen-bond acceptors (Lipinski definition) is 3. The fourth-order valence-electron chi connectivity index (χ4n) is 5.12. The van der Waals surface area contributed by atoms with Gasteiger partial charge in [0, 0.05) is 29.1 Å². The number of carbonyl (C=O) groups is 1. The van der Waals surface area contributed by atoms with Gasteiger partial charge >= 0.3 is 0 Å². The molecule has 1 fully saturated rings. The summed E-state index contributed by atoms with van der Waals surface area (Å²) in [6.07, 6.45) is 2.50. The molecule has 1 spiro atoms. The van der Waals surface area contributed by atoms with Gasteiger partial charge in [-0.3, -0.25) is 9.69 Å². The van der Waals surface area contributed by atoms with Crippen molar-refractivity contribution >= 4 is 22.9 Å². The van der Waals surface area contributed by atoms with Gasteiger partial charge < -0.3 is 4.90 Å². The summed E-state index contributed by atoms with van der Waals surface area (Å²) < 4.78 is 13.6. The van der Waals surface area contributed by atoms with E-state index in [-0.39, 0.29) is 17.1 Å². The number of likely N-dealkylation sites (tertiary alicyclic amines) is 1. The van der Waals surface area contributed by atoms with Crippen molar-refractivity contribution < 1.29 is 9.18 Å². The Balaban J connectivity index is 1.35. The zero-order chi connectivity index (χ0) is 21.4. The lowest BCUT2D eigenvalue weighted by Gasteiger charge is -2.40. The van der Waals surface area contributed by atoms with E-state index in [1.165, 1.54) is 17.2 Å². The largest absolute Gasteiger partial charge is 0.311 e. The van der Waals surface area contributed by atoms with Crippen molar-refractivity contribution in [1.29, 1.82) is 0 Å². The number of thiophene rings is 1. The number of hydrogen-bond donors (Lipinski definition) is 0. The van der Waals surface area contributed by atoms with Crippen molar-refractivity contribution in [2.75, 3.05) is 24.5 Å². The number of halogens is 1. The highest BCUT2D eigenvalue weighted by molar-refractivity contribution is 7.10. The van der Waals surface area contributed by atoms with Gasteiger partial charge in [0.25, 0.3) is 0 Å². The molecule has 5 rings (SSSR count). The highest BCUT2D eigenvalue weighted by Gasteiger charge is 2.46. The van der Waals surface area contributed by atoms with E-state index >= 15 is 0 Å². The molecule has 0 saturated carbocycles. The monoisotopic (exact) mass is 434 g/mol. The van der Waals surface area contributed by atoms with Crippen molar-refractivity contribution in [3.8, 4) is 0 Å². The van der Waals surface area contributed by atoms with Crippen LogP contribution in [0.3, 0.4) is 0 Å². The second kappa shape index (κ2) is 8.21. The van der Waals surface area contributed by atoms with E-state index in [4.69, 9.17) is 0 Å². The first-order chi connectivity index (χ1) is 15.0. The summed E-state index contributed by atoms with van der Waals surface area (Å²) in [6.45, 7) is 5.58. The Bertz CT molecular complexity index is 1090. The highest BCUT2D eigenvalue weighted by atomic mass is 32.1. The number of amides is 1. The molecule has 31 heavy (non-hydrogen) atoms. The molecule has 0 atom stereocenters. The normalized spacial score (nSPS) is 17.8. The Labute approximate surface area is 187 Å². The predicted octanol–water partition coefficient (Wildman–Crippen LogP) is 5.32. The van der Waals surface area contributed by atoms with E-state index < -0.39 is 0 Å². The molecule has 0 bridgehead atoms. The average Bonchev–Trinajstić information content (AvgIpc) is 3.37. The summed E-state index contributed by atoms with van der Waals surface area (Å²) in [6, 6.07) is 17.5. The van der Waals surface area contributed by atoms with Gasteiger partial charge in [-0.15, -0.1) is 11.3 Å². The molecule has 1 aromatic heterocycles. The molecular weight excluding hydrogens is 407 g/mol. The van der Waals surface area contributed by atoms with Gasteiger partial charge in [0.05, 0.1) is 6.42 Å². The van der Waals surface area contributed by atoms with Crippen molar-refractivity contribution in [2.45, 2.75) is 38.1 Å². The molecule has 0 radical (unpaired) electrons. The Morgan fingerprint density at radius 3 is 2.68 bits per heavy atom. The van der Waals surface area contributed by atoms with Gasteiger partial charge in [0.15, 0.2) is 0 Å². The lowest BCUT2D eigenvalue weighted by Crippen LogP contribution is -2.46. The second-order valence-electron chi connectivity index (χ2n) is 8.94. The zero-order valence-corrected chi connectivity index (χ0v) is 18.6. The molecule has 1 saturated heterocycles. The number of carbonyl (C=O) groups excluding carboxylic acids is 1. The topological polar surface area (TPSA) is 23.6 Å². The highest BCUT2D eigenvalue weighted by Crippen LogP contribution is 2.47. The number of rotatable bonds is 4. The zero-order valence-electron chi connectivity index (χ0n) is 17.8. The first kappa shape index (κ1) is 20.4. The Morgan fingerprint density at radius 1 is 1.10 bits per heavy atom. The van der Waals surface area contributed by atoms with E-state index in [0.717, 1.165) is 55.1 Å². The lowest BCUT2D eigenvalue weighted by molar-refractivity contribution is -0.118. The summed E-state index contributed by atoms with van der Waals surface area (Å²) in [5, 5.41) is 2.03. The Kier molecular flexibility index (Phi) is 5.40. The number of nitrogens with zero attached hydrogens (tertiary/aromatic N) is 2. The molecule has 3 heterocycles. The van der Waals surface area contributed by atoms with Gasteiger partial charge in [-0.2, -0.15) is 0 Å². The van der Waals surface area contributed by atoms with Crippen molar-refractivity contribution in [3.05, 3.63) is 87.4 Å². The molecule has 0 unspecified atom stereocenters. The molecule has 0 aliphatic carbocycles. The summed E-state index contributed by atoms with van der Waals surface area (Å²) in [5.41, 5.74) is 4.70. The van der Waals surface area contributed by atoms with Crippen molar-refractivity contribution in [1.82, 2.24) is 4.90 Å². The minimum atomic E-state index is -0.175. The fourth-order valence-corrected chi connectivity index (χ4v) is 5.82. The van der Waals surface area contributed by atoms with Crippen LogP contribution >= 0.6 is 11.3 Å². The summed E-state index contributed by atoms with van der Waals surface area (Å²) >= 11 is 1.64. The van der Waals surface area contributed by atoms with Crippen LogP contribution in [0.4, 0.5) is 10.1 Å². The maximum atomic E-state index is 13.6. The summed E-state index contributed by atoms with van der Waals surface area (Å²) in [7, 11) is 0. The van der Waals surface area contributed by atoms with Crippen LogP contribution in [0.5, 0.6) is 0 Å². The SMILES string of the molecule is Cc1ccc2c(c1)C1(CCN(Cc3cccc(F)c3)CC1)CN2C(=O)Cc1cccs1. The minimum absolute atomic E-state index is 0.0188. The first-order valence-electron chi connectivity index (χ1n) is 10.9. The molecule has 3 nitrogen and oxygen atoms in total. The fraction of sp³-hybridized carbons (Fsp3) is 0.346. The third-order valence-electron chi connectivity index (χ3n) is 6.79. The Hall–Kier alpha value is -2.50. The van der Waals surface area contributed by atoms with Gasteiger partial charge in [-0.25, -0.2) is 4.39 Å². The second-order valence-corrected chi connectivity index (χ2v) is 9.98. The first-order valence-corrected chi connectivity index (χ1v) is 11.8. The number of anilines is 1. The molecule has 5 heteroatoms. The third-order valence-corrected chi connectivity index (χ3v) is 7.67. The van der Waals surface area contributed by atoms with Crippen LogP contribution in [-0.4, -0.2) is 30.4 Å². The quantitative estimate of drug-likeness (QED) is 0.555. The molecule has 1 amide bonds. The molecule has 160 valence electrons.